The van der Waals surface area contributed by atoms with E-state index in [2.05, 4.69) is 15.3 Å². The Hall–Kier alpha value is -2.98. The first-order chi connectivity index (χ1) is 11.7. The molecule has 0 atom stereocenters. The predicted octanol–water partition coefficient (Wildman–Crippen LogP) is 3.92. The Balaban J connectivity index is 2.07. The SMILES string of the molecule is COc1ccc(-c2nc3ccccc3o2)cc1N=C(NC#N)SC. The summed E-state index contributed by atoms with van der Waals surface area (Å²) < 4.78 is 11.1. The average molecular weight is 338 g/mol. The molecule has 1 aromatic heterocycles. The third kappa shape index (κ3) is 3.19. The first-order valence-electron chi connectivity index (χ1n) is 7.07. The molecule has 0 bridgehead atoms. The van der Waals surface area contributed by atoms with Gasteiger partial charge in [-0.25, -0.2) is 9.98 Å². The maximum absolute atomic E-state index is 8.77. The second-order valence-electron chi connectivity index (χ2n) is 4.73. The Morgan fingerprint density at radius 3 is 2.88 bits per heavy atom. The molecule has 0 saturated carbocycles. The van der Waals surface area contributed by atoms with E-state index in [9.17, 15) is 0 Å². The van der Waals surface area contributed by atoms with E-state index in [-0.39, 0.29) is 0 Å². The van der Waals surface area contributed by atoms with E-state index in [4.69, 9.17) is 14.4 Å². The lowest BCUT2D eigenvalue weighted by Crippen LogP contribution is -2.12. The van der Waals surface area contributed by atoms with Crippen LogP contribution in [0.2, 0.25) is 0 Å². The molecule has 0 radical (unpaired) electrons. The number of nitrogens with zero attached hydrogens (tertiary/aromatic N) is 3. The monoisotopic (exact) mass is 338 g/mol. The number of aliphatic imine (C=N–C) groups is 1. The normalized spacial score (nSPS) is 11.3. The zero-order valence-electron chi connectivity index (χ0n) is 13.1. The van der Waals surface area contributed by atoms with Crippen molar-refractivity contribution in [2.45, 2.75) is 0 Å². The number of amidine groups is 1. The Bertz CT molecular complexity index is 910. The molecule has 0 unspecified atom stereocenters. The molecule has 1 N–H and O–H groups in total. The summed E-state index contributed by atoms with van der Waals surface area (Å²) in [5, 5.41) is 11.8. The molecule has 0 aliphatic rings. The molecule has 1 heterocycles. The van der Waals surface area contributed by atoms with Gasteiger partial charge in [0.2, 0.25) is 5.89 Å². The number of hydrogen-bond donors (Lipinski definition) is 1. The largest absolute Gasteiger partial charge is 0.494 e. The van der Waals surface area contributed by atoms with E-state index < -0.39 is 0 Å². The van der Waals surface area contributed by atoms with Gasteiger partial charge in [0.1, 0.15) is 17.0 Å². The molecule has 24 heavy (non-hydrogen) atoms. The topological polar surface area (TPSA) is 83.4 Å². The molecule has 120 valence electrons. The lowest BCUT2D eigenvalue weighted by Gasteiger charge is -2.07. The van der Waals surface area contributed by atoms with Crippen molar-refractivity contribution in [3.8, 4) is 23.4 Å². The minimum Gasteiger partial charge on any atom is -0.494 e. The Morgan fingerprint density at radius 1 is 1.33 bits per heavy atom. The van der Waals surface area contributed by atoms with Gasteiger partial charge >= 0.3 is 0 Å². The van der Waals surface area contributed by atoms with Crippen LogP contribution in [0.1, 0.15) is 0 Å². The van der Waals surface area contributed by atoms with Crippen LogP contribution >= 0.6 is 11.8 Å². The second kappa shape index (κ2) is 7.06. The molecule has 0 fully saturated rings. The van der Waals surface area contributed by atoms with E-state index in [1.54, 1.807) is 13.2 Å². The van der Waals surface area contributed by atoms with E-state index in [0.717, 1.165) is 16.7 Å². The molecule has 2 aromatic carbocycles. The van der Waals surface area contributed by atoms with Gasteiger partial charge in [-0.1, -0.05) is 23.9 Å². The lowest BCUT2D eigenvalue weighted by atomic mass is 10.2. The number of thioether (sulfide) groups is 1. The molecule has 0 spiro atoms. The van der Waals surface area contributed by atoms with Crippen molar-refractivity contribution in [2.75, 3.05) is 13.4 Å². The van der Waals surface area contributed by atoms with Crippen molar-refractivity contribution in [2.24, 2.45) is 4.99 Å². The second-order valence-corrected chi connectivity index (χ2v) is 5.53. The highest BCUT2D eigenvalue weighted by Gasteiger charge is 2.11. The molecule has 7 heteroatoms. The van der Waals surface area contributed by atoms with E-state index in [1.807, 2.05) is 48.8 Å². The molecule has 0 saturated heterocycles. The fourth-order valence-electron chi connectivity index (χ4n) is 2.19. The zero-order chi connectivity index (χ0) is 16.9. The van der Waals surface area contributed by atoms with Gasteiger partial charge in [0.15, 0.2) is 16.9 Å². The summed E-state index contributed by atoms with van der Waals surface area (Å²) in [5.41, 5.74) is 2.89. The first-order valence-corrected chi connectivity index (χ1v) is 8.29. The highest BCUT2D eigenvalue weighted by Crippen LogP contribution is 2.34. The highest BCUT2D eigenvalue weighted by molar-refractivity contribution is 8.13. The molecule has 0 amide bonds. The van der Waals surface area contributed by atoms with Gasteiger partial charge in [0, 0.05) is 5.56 Å². The molecule has 3 rings (SSSR count). The van der Waals surface area contributed by atoms with E-state index in [1.165, 1.54) is 11.8 Å². The van der Waals surface area contributed by atoms with Crippen LogP contribution in [0.5, 0.6) is 5.75 Å². The summed E-state index contributed by atoms with van der Waals surface area (Å²) in [4.78, 5) is 8.92. The zero-order valence-corrected chi connectivity index (χ0v) is 13.9. The van der Waals surface area contributed by atoms with Gasteiger partial charge in [-0.2, -0.15) is 5.26 Å². The van der Waals surface area contributed by atoms with Crippen LogP contribution in [0.25, 0.3) is 22.6 Å². The van der Waals surface area contributed by atoms with Gasteiger partial charge in [-0.15, -0.1) is 0 Å². The van der Waals surface area contributed by atoms with Gasteiger partial charge in [-0.05, 0) is 36.6 Å². The van der Waals surface area contributed by atoms with Crippen LogP contribution in [-0.2, 0) is 0 Å². The van der Waals surface area contributed by atoms with Crippen LogP contribution < -0.4 is 10.1 Å². The summed E-state index contributed by atoms with van der Waals surface area (Å²) in [5.74, 6) is 1.11. The summed E-state index contributed by atoms with van der Waals surface area (Å²) in [6, 6.07) is 13.1. The number of nitrogens with one attached hydrogen (secondary N) is 1. The molecule has 6 nitrogen and oxygen atoms in total. The number of ether oxygens (including phenoxy) is 1. The number of methoxy groups -OCH3 is 1. The maximum atomic E-state index is 8.77. The van der Waals surface area contributed by atoms with E-state index >= 15 is 0 Å². The number of nitriles is 1. The fourth-order valence-corrected chi connectivity index (χ4v) is 2.53. The van der Waals surface area contributed by atoms with Crippen LogP contribution in [0.4, 0.5) is 5.69 Å². The number of rotatable bonds is 3. The Kier molecular flexibility index (Phi) is 4.68. The minimum atomic E-state index is 0.477. The van der Waals surface area contributed by atoms with Crippen molar-refractivity contribution in [1.82, 2.24) is 10.3 Å². The summed E-state index contributed by atoms with van der Waals surface area (Å²) in [6.45, 7) is 0. The minimum absolute atomic E-state index is 0.477. The highest BCUT2D eigenvalue weighted by atomic mass is 32.2. The number of para-hydroxylation sites is 2. The van der Waals surface area contributed by atoms with Crippen molar-refractivity contribution >= 4 is 33.7 Å². The molecular weight excluding hydrogens is 324 g/mol. The molecule has 3 aromatic rings. The predicted molar refractivity (Wildman–Crippen MR) is 95.4 cm³/mol. The Labute approximate surface area is 143 Å². The average Bonchev–Trinajstić information content (AvgIpc) is 3.05. The van der Waals surface area contributed by atoms with Gasteiger partial charge in [0.25, 0.3) is 0 Å². The number of benzene rings is 2. The number of fused-ring (bicyclic) bond motifs is 1. The molecular formula is C17H14N4O2S. The van der Waals surface area contributed by atoms with Gasteiger partial charge < -0.3 is 9.15 Å². The van der Waals surface area contributed by atoms with Crippen molar-refractivity contribution in [1.29, 1.82) is 5.26 Å². The third-order valence-electron chi connectivity index (χ3n) is 3.30. The smallest absolute Gasteiger partial charge is 0.227 e. The first kappa shape index (κ1) is 15.9. The van der Waals surface area contributed by atoms with Crippen LogP contribution in [0, 0.1) is 11.5 Å². The maximum Gasteiger partial charge on any atom is 0.227 e. The van der Waals surface area contributed by atoms with E-state index in [0.29, 0.717) is 22.5 Å². The van der Waals surface area contributed by atoms with Gasteiger partial charge in [-0.3, -0.25) is 5.32 Å². The third-order valence-corrected chi connectivity index (χ3v) is 3.88. The Morgan fingerprint density at radius 2 is 2.17 bits per heavy atom. The van der Waals surface area contributed by atoms with Crippen molar-refractivity contribution in [3.05, 3.63) is 42.5 Å². The summed E-state index contributed by atoms with van der Waals surface area (Å²) in [7, 11) is 1.57. The summed E-state index contributed by atoms with van der Waals surface area (Å²) in [6.07, 6.45) is 3.70. The van der Waals surface area contributed by atoms with Gasteiger partial charge in [0.05, 0.1) is 7.11 Å². The standard InChI is InChI=1S/C17H14N4O2S/c1-22-14-8-7-11(9-13(14)21-17(24-2)19-10-18)16-20-12-5-3-4-6-15(12)23-16/h3-9H,1-2H3,(H,19,21). The number of aromatic nitrogens is 1. The number of oxazole rings is 1. The fraction of sp³-hybridized carbons (Fsp3) is 0.118. The molecule has 0 aliphatic carbocycles. The van der Waals surface area contributed by atoms with Crippen LogP contribution in [0.15, 0.2) is 51.9 Å². The van der Waals surface area contributed by atoms with Crippen molar-refractivity contribution < 1.29 is 9.15 Å². The lowest BCUT2D eigenvalue weighted by molar-refractivity contribution is 0.416. The van der Waals surface area contributed by atoms with Crippen molar-refractivity contribution in [3.63, 3.8) is 0 Å². The summed E-state index contributed by atoms with van der Waals surface area (Å²) >= 11 is 1.34. The number of hydrogen-bond acceptors (Lipinski definition) is 6. The van der Waals surface area contributed by atoms with Crippen LogP contribution in [-0.4, -0.2) is 23.5 Å². The van der Waals surface area contributed by atoms with Crippen LogP contribution in [0.3, 0.4) is 0 Å². The molecule has 0 aliphatic heterocycles. The quantitative estimate of drug-likeness (QED) is 0.337.